The van der Waals surface area contributed by atoms with E-state index in [4.69, 9.17) is 5.73 Å². The van der Waals surface area contributed by atoms with Crippen molar-refractivity contribution in [3.05, 3.63) is 0 Å². The Morgan fingerprint density at radius 3 is 2.15 bits per heavy atom. The van der Waals surface area contributed by atoms with Crippen LogP contribution in [0.3, 0.4) is 0 Å². The summed E-state index contributed by atoms with van der Waals surface area (Å²) in [6.45, 7) is 16.9. The first-order valence-electron chi connectivity index (χ1n) is 7.97. The number of rotatable bonds is 10. The van der Waals surface area contributed by atoms with Gasteiger partial charge in [-0.2, -0.15) is 0 Å². The summed E-state index contributed by atoms with van der Waals surface area (Å²) in [5.41, 5.74) is 4.97. The molecule has 0 aliphatic carbocycles. The van der Waals surface area contributed by atoms with E-state index in [1.165, 1.54) is 6.42 Å². The Hall–Kier alpha value is -0.610. The normalized spacial score (nSPS) is 18.1. The van der Waals surface area contributed by atoms with Crippen molar-refractivity contribution in [2.24, 2.45) is 11.7 Å². The van der Waals surface area contributed by atoms with E-state index in [0.29, 0.717) is 12.0 Å². The third-order valence-corrected chi connectivity index (χ3v) is 4.13. The van der Waals surface area contributed by atoms with Gasteiger partial charge in [-0.05, 0) is 46.6 Å². The molecule has 0 heterocycles. The highest BCUT2D eigenvalue weighted by Gasteiger charge is 2.34. The zero-order valence-electron chi connectivity index (χ0n) is 14.5. The molecule has 1 amide bonds. The smallest absolute Gasteiger partial charge is 0.237 e. The van der Waals surface area contributed by atoms with Gasteiger partial charge in [0.15, 0.2) is 0 Å². The van der Waals surface area contributed by atoms with E-state index in [2.05, 4.69) is 37.9 Å². The minimum atomic E-state index is -0.642. The predicted molar refractivity (Wildman–Crippen MR) is 86.7 cm³/mol. The molecule has 120 valence electrons. The van der Waals surface area contributed by atoms with Gasteiger partial charge in [0, 0.05) is 18.6 Å². The van der Waals surface area contributed by atoms with Gasteiger partial charge < -0.3 is 16.0 Å². The molecule has 20 heavy (non-hydrogen) atoms. The van der Waals surface area contributed by atoms with Gasteiger partial charge in [-0.25, -0.2) is 0 Å². The van der Waals surface area contributed by atoms with E-state index in [1.807, 2.05) is 20.8 Å². The Labute approximate surface area is 125 Å². The van der Waals surface area contributed by atoms with Crippen molar-refractivity contribution in [1.82, 2.24) is 10.2 Å². The Balaban J connectivity index is 4.80. The fourth-order valence-corrected chi connectivity index (χ4v) is 2.74. The van der Waals surface area contributed by atoms with E-state index in [0.717, 1.165) is 19.5 Å². The number of nitrogens with zero attached hydrogens (tertiary/aromatic N) is 1. The SMILES string of the molecule is CCC(C)CN(CC)C(C)CC(C)(NC(C)C)C(N)=O. The average molecular weight is 285 g/mol. The molecule has 3 unspecified atom stereocenters. The number of hydrogen-bond acceptors (Lipinski definition) is 3. The monoisotopic (exact) mass is 285 g/mol. The van der Waals surface area contributed by atoms with Gasteiger partial charge in [0.25, 0.3) is 0 Å². The second-order valence-electron chi connectivity index (χ2n) is 6.65. The lowest BCUT2D eigenvalue weighted by Crippen LogP contribution is -2.58. The zero-order chi connectivity index (χ0) is 15.9. The molecule has 0 aromatic carbocycles. The molecule has 0 saturated carbocycles. The van der Waals surface area contributed by atoms with E-state index in [1.54, 1.807) is 0 Å². The lowest BCUT2D eigenvalue weighted by Gasteiger charge is -2.37. The summed E-state index contributed by atoms with van der Waals surface area (Å²) in [6, 6.07) is 0.571. The molecule has 0 aliphatic heterocycles. The Morgan fingerprint density at radius 1 is 1.25 bits per heavy atom. The summed E-state index contributed by atoms with van der Waals surface area (Å²) >= 11 is 0. The summed E-state index contributed by atoms with van der Waals surface area (Å²) in [6.07, 6.45) is 1.92. The largest absolute Gasteiger partial charge is 0.368 e. The van der Waals surface area contributed by atoms with Crippen molar-refractivity contribution in [3.8, 4) is 0 Å². The fraction of sp³-hybridized carbons (Fsp3) is 0.938. The van der Waals surface area contributed by atoms with Crippen LogP contribution in [-0.2, 0) is 4.79 Å². The quantitative estimate of drug-likeness (QED) is 0.648. The summed E-state index contributed by atoms with van der Waals surface area (Å²) in [4.78, 5) is 14.3. The van der Waals surface area contributed by atoms with Crippen molar-refractivity contribution in [2.75, 3.05) is 13.1 Å². The van der Waals surface area contributed by atoms with Gasteiger partial charge in [-0.1, -0.05) is 27.2 Å². The Morgan fingerprint density at radius 2 is 1.80 bits per heavy atom. The molecule has 0 fully saturated rings. The second-order valence-corrected chi connectivity index (χ2v) is 6.65. The standard InChI is InChI=1S/C16H35N3O/c1-8-13(5)11-19(9-2)14(6)10-16(7,15(17)20)18-12(3)4/h12-14,18H,8-11H2,1-7H3,(H2,17,20). The topological polar surface area (TPSA) is 58.4 Å². The molecule has 0 spiro atoms. The predicted octanol–water partition coefficient (Wildman–Crippen LogP) is 2.37. The van der Waals surface area contributed by atoms with Crippen LogP contribution < -0.4 is 11.1 Å². The van der Waals surface area contributed by atoms with Crippen LogP contribution >= 0.6 is 0 Å². The number of nitrogens with one attached hydrogen (secondary N) is 1. The molecule has 0 radical (unpaired) electrons. The van der Waals surface area contributed by atoms with E-state index in [9.17, 15) is 4.79 Å². The Bertz CT molecular complexity index is 293. The van der Waals surface area contributed by atoms with Crippen molar-refractivity contribution in [3.63, 3.8) is 0 Å². The van der Waals surface area contributed by atoms with Crippen LogP contribution in [0.4, 0.5) is 0 Å². The molecule has 0 bridgehead atoms. The lowest BCUT2D eigenvalue weighted by atomic mass is 9.90. The molecule has 0 aliphatic rings. The zero-order valence-corrected chi connectivity index (χ0v) is 14.5. The highest BCUT2D eigenvalue weighted by atomic mass is 16.1. The van der Waals surface area contributed by atoms with Crippen molar-refractivity contribution >= 4 is 5.91 Å². The van der Waals surface area contributed by atoms with Crippen LogP contribution in [0.5, 0.6) is 0 Å². The van der Waals surface area contributed by atoms with Gasteiger partial charge in [0.05, 0.1) is 5.54 Å². The number of amides is 1. The molecular weight excluding hydrogens is 250 g/mol. The third kappa shape index (κ3) is 6.23. The molecule has 4 nitrogen and oxygen atoms in total. The molecule has 0 aromatic rings. The Kier molecular flexibility index (Phi) is 8.36. The van der Waals surface area contributed by atoms with Gasteiger partial charge in [-0.15, -0.1) is 0 Å². The van der Waals surface area contributed by atoms with Crippen LogP contribution in [-0.4, -0.2) is 41.5 Å². The second kappa shape index (κ2) is 8.63. The van der Waals surface area contributed by atoms with Crippen LogP contribution in [0.2, 0.25) is 0 Å². The van der Waals surface area contributed by atoms with Gasteiger partial charge in [-0.3, -0.25) is 4.79 Å². The van der Waals surface area contributed by atoms with Gasteiger partial charge >= 0.3 is 0 Å². The summed E-state index contributed by atoms with van der Waals surface area (Å²) in [7, 11) is 0. The summed E-state index contributed by atoms with van der Waals surface area (Å²) in [5, 5.41) is 3.33. The van der Waals surface area contributed by atoms with Crippen molar-refractivity contribution in [2.45, 2.75) is 78.9 Å². The highest BCUT2D eigenvalue weighted by Crippen LogP contribution is 2.18. The number of nitrogens with two attached hydrogens (primary N) is 1. The van der Waals surface area contributed by atoms with E-state index < -0.39 is 5.54 Å². The lowest BCUT2D eigenvalue weighted by molar-refractivity contribution is -0.125. The number of carbonyl (C=O) groups is 1. The van der Waals surface area contributed by atoms with Gasteiger partial charge in [0.1, 0.15) is 0 Å². The first-order chi connectivity index (χ1) is 9.16. The first kappa shape index (κ1) is 19.4. The number of primary amides is 1. The molecular formula is C16H35N3O. The third-order valence-electron chi connectivity index (χ3n) is 4.13. The summed E-state index contributed by atoms with van der Waals surface area (Å²) < 4.78 is 0. The van der Waals surface area contributed by atoms with Crippen LogP contribution in [0.15, 0.2) is 0 Å². The minimum Gasteiger partial charge on any atom is -0.368 e. The first-order valence-corrected chi connectivity index (χ1v) is 7.97. The van der Waals surface area contributed by atoms with Crippen molar-refractivity contribution in [1.29, 1.82) is 0 Å². The fourth-order valence-electron chi connectivity index (χ4n) is 2.74. The highest BCUT2D eigenvalue weighted by molar-refractivity contribution is 5.84. The maximum absolute atomic E-state index is 11.8. The molecule has 0 aromatic heterocycles. The average Bonchev–Trinajstić information content (AvgIpc) is 2.33. The van der Waals surface area contributed by atoms with Crippen molar-refractivity contribution < 1.29 is 4.79 Å². The van der Waals surface area contributed by atoms with Crippen LogP contribution in [0, 0.1) is 5.92 Å². The summed E-state index contributed by atoms with van der Waals surface area (Å²) in [5.74, 6) is 0.410. The maximum atomic E-state index is 11.8. The molecule has 3 N–H and O–H groups in total. The molecule has 3 atom stereocenters. The van der Waals surface area contributed by atoms with Crippen LogP contribution in [0.25, 0.3) is 0 Å². The van der Waals surface area contributed by atoms with E-state index in [-0.39, 0.29) is 11.9 Å². The number of hydrogen-bond donors (Lipinski definition) is 2. The van der Waals surface area contributed by atoms with Gasteiger partial charge in [0.2, 0.25) is 5.91 Å². The number of carbonyl (C=O) groups excluding carboxylic acids is 1. The molecule has 4 heteroatoms. The van der Waals surface area contributed by atoms with Crippen LogP contribution in [0.1, 0.15) is 61.3 Å². The molecule has 0 saturated heterocycles. The van der Waals surface area contributed by atoms with E-state index >= 15 is 0 Å². The molecule has 0 rings (SSSR count). The minimum absolute atomic E-state index is 0.240. The maximum Gasteiger partial charge on any atom is 0.237 e.